The Labute approximate surface area is 124 Å². The minimum Gasteiger partial charge on any atom is -0.478 e. The minimum atomic E-state index is -1.30. The van der Waals surface area contributed by atoms with Crippen molar-refractivity contribution in [3.05, 3.63) is 65.0 Å². The summed E-state index contributed by atoms with van der Waals surface area (Å²) in [5, 5.41) is 17.6. The number of benzene rings is 2. The summed E-state index contributed by atoms with van der Waals surface area (Å²) in [7, 11) is 0. The van der Waals surface area contributed by atoms with Crippen LogP contribution in [-0.2, 0) is 5.75 Å². The Kier molecular flexibility index (Phi) is 4.59. The van der Waals surface area contributed by atoms with Gasteiger partial charge in [-0.15, -0.1) is 11.8 Å². The standard InChI is InChI=1S/C15H11FO4S/c16-13-6-5-11(7-12(13)15(19)20)21-8-9-1-3-10(4-2-9)14(17)18/h1-7H,8H2,(H,17,18)(H,19,20). The molecule has 108 valence electrons. The summed E-state index contributed by atoms with van der Waals surface area (Å²) in [6.45, 7) is 0. The van der Waals surface area contributed by atoms with E-state index in [4.69, 9.17) is 10.2 Å². The van der Waals surface area contributed by atoms with E-state index in [-0.39, 0.29) is 11.1 Å². The molecular weight excluding hydrogens is 295 g/mol. The summed E-state index contributed by atoms with van der Waals surface area (Å²) < 4.78 is 13.3. The molecule has 0 aromatic heterocycles. The molecule has 0 atom stereocenters. The number of carboxylic acid groups (broad SMARTS) is 2. The molecule has 0 unspecified atom stereocenters. The lowest BCUT2D eigenvalue weighted by atomic mass is 10.1. The Bertz CT molecular complexity index is 683. The molecule has 2 N–H and O–H groups in total. The van der Waals surface area contributed by atoms with Gasteiger partial charge in [-0.3, -0.25) is 0 Å². The van der Waals surface area contributed by atoms with Crippen LogP contribution < -0.4 is 0 Å². The van der Waals surface area contributed by atoms with Crippen molar-refractivity contribution in [3.8, 4) is 0 Å². The number of rotatable bonds is 5. The van der Waals surface area contributed by atoms with Crippen LogP contribution in [0.25, 0.3) is 0 Å². The molecule has 0 radical (unpaired) electrons. The molecule has 2 rings (SSSR count). The number of carbonyl (C=O) groups is 2. The molecule has 2 aromatic carbocycles. The lowest BCUT2D eigenvalue weighted by molar-refractivity contribution is 0.0683. The molecule has 6 heteroatoms. The third kappa shape index (κ3) is 3.82. The quantitative estimate of drug-likeness (QED) is 0.827. The van der Waals surface area contributed by atoms with Crippen molar-refractivity contribution in [2.45, 2.75) is 10.6 Å². The Balaban J connectivity index is 2.07. The molecule has 0 aliphatic carbocycles. The number of thioether (sulfide) groups is 1. The average Bonchev–Trinajstić information content (AvgIpc) is 2.46. The lowest BCUT2D eigenvalue weighted by Crippen LogP contribution is -2.00. The highest BCUT2D eigenvalue weighted by atomic mass is 32.2. The second-order valence-electron chi connectivity index (χ2n) is 4.24. The molecule has 0 heterocycles. The fourth-order valence-electron chi connectivity index (χ4n) is 1.67. The van der Waals surface area contributed by atoms with Crippen LogP contribution in [0.4, 0.5) is 4.39 Å². The first kappa shape index (κ1) is 15.1. The lowest BCUT2D eigenvalue weighted by Gasteiger charge is -2.05. The van der Waals surface area contributed by atoms with Crippen molar-refractivity contribution in [1.29, 1.82) is 0 Å². The van der Waals surface area contributed by atoms with Gasteiger partial charge in [-0.05, 0) is 35.9 Å². The highest BCUT2D eigenvalue weighted by molar-refractivity contribution is 7.98. The van der Waals surface area contributed by atoms with E-state index in [1.165, 1.54) is 36.0 Å². The van der Waals surface area contributed by atoms with Crippen LogP contribution in [0.15, 0.2) is 47.4 Å². The van der Waals surface area contributed by atoms with Gasteiger partial charge >= 0.3 is 11.9 Å². The van der Waals surface area contributed by atoms with Crippen molar-refractivity contribution >= 4 is 23.7 Å². The monoisotopic (exact) mass is 306 g/mol. The molecule has 4 nitrogen and oxygen atoms in total. The maximum absolute atomic E-state index is 13.3. The van der Waals surface area contributed by atoms with Gasteiger partial charge in [0.15, 0.2) is 0 Å². The van der Waals surface area contributed by atoms with Crippen LogP contribution in [0.1, 0.15) is 26.3 Å². The number of carboxylic acids is 2. The average molecular weight is 306 g/mol. The van der Waals surface area contributed by atoms with Crippen LogP contribution in [0, 0.1) is 5.82 Å². The van der Waals surface area contributed by atoms with Crippen LogP contribution in [0.5, 0.6) is 0 Å². The SMILES string of the molecule is O=C(O)c1ccc(CSc2ccc(F)c(C(=O)O)c2)cc1. The normalized spacial score (nSPS) is 10.3. The summed E-state index contributed by atoms with van der Waals surface area (Å²) in [5.41, 5.74) is 0.742. The van der Waals surface area contributed by atoms with Gasteiger partial charge in [-0.1, -0.05) is 12.1 Å². The third-order valence-electron chi connectivity index (χ3n) is 2.77. The van der Waals surface area contributed by atoms with Crippen molar-refractivity contribution in [1.82, 2.24) is 0 Å². The molecule has 0 aliphatic rings. The zero-order valence-corrected chi connectivity index (χ0v) is 11.6. The van der Waals surface area contributed by atoms with Gasteiger partial charge < -0.3 is 10.2 Å². The topological polar surface area (TPSA) is 74.6 Å². The summed E-state index contributed by atoms with van der Waals surface area (Å²) in [6, 6.07) is 10.3. The molecule has 0 amide bonds. The Morgan fingerprint density at radius 1 is 1.00 bits per heavy atom. The summed E-state index contributed by atoms with van der Waals surface area (Å²) >= 11 is 1.35. The van der Waals surface area contributed by atoms with Gasteiger partial charge in [0.05, 0.1) is 11.1 Å². The zero-order chi connectivity index (χ0) is 15.4. The van der Waals surface area contributed by atoms with Crippen molar-refractivity contribution < 1.29 is 24.2 Å². The predicted molar refractivity (Wildman–Crippen MR) is 76.3 cm³/mol. The second kappa shape index (κ2) is 6.41. The van der Waals surface area contributed by atoms with E-state index in [2.05, 4.69) is 0 Å². The van der Waals surface area contributed by atoms with Crippen LogP contribution in [0.3, 0.4) is 0 Å². The maximum Gasteiger partial charge on any atom is 0.338 e. The number of halogens is 1. The van der Waals surface area contributed by atoms with Gasteiger partial charge in [0.2, 0.25) is 0 Å². The van der Waals surface area contributed by atoms with Crippen molar-refractivity contribution in [2.75, 3.05) is 0 Å². The van der Waals surface area contributed by atoms with Gasteiger partial charge in [-0.25, -0.2) is 14.0 Å². The van der Waals surface area contributed by atoms with Gasteiger partial charge in [0, 0.05) is 10.6 Å². The highest BCUT2D eigenvalue weighted by Crippen LogP contribution is 2.25. The molecular formula is C15H11FO4S. The molecule has 2 aromatic rings. The fourth-order valence-corrected chi connectivity index (χ4v) is 2.56. The number of hydrogen-bond donors (Lipinski definition) is 2. The first-order valence-corrected chi connectivity index (χ1v) is 6.94. The van der Waals surface area contributed by atoms with Crippen LogP contribution >= 0.6 is 11.8 Å². The second-order valence-corrected chi connectivity index (χ2v) is 5.29. The van der Waals surface area contributed by atoms with E-state index in [1.807, 2.05) is 0 Å². The van der Waals surface area contributed by atoms with Crippen molar-refractivity contribution in [3.63, 3.8) is 0 Å². The Morgan fingerprint density at radius 3 is 2.24 bits per heavy atom. The van der Waals surface area contributed by atoms with E-state index in [9.17, 15) is 14.0 Å². The van der Waals surface area contributed by atoms with Crippen molar-refractivity contribution in [2.24, 2.45) is 0 Å². The van der Waals surface area contributed by atoms with E-state index in [0.717, 1.165) is 11.6 Å². The molecule has 0 fully saturated rings. The van der Waals surface area contributed by atoms with E-state index in [1.54, 1.807) is 12.1 Å². The molecule has 0 spiro atoms. The first-order chi connectivity index (χ1) is 9.97. The first-order valence-electron chi connectivity index (χ1n) is 5.95. The molecule has 0 saturated carbocycles. The minimum absolute atomic E-state index is 0.207. The van der Waals surface area contributed by atoms with Crippen LogP contribution in [-0.4, -0.2) is 22.2 Å². The Morgan fingerprint density at radius 2 is 1.67 bits per heavy atom. The number of aromatic carboxylic acids is 2. The van der Waals surface area contributed by atoms with Gasteiger partial charge in [0.25, 0.3) is 0 Å². The molecule has 0 saturated heterocycles. The summed E-state index contributed by atoms with van der Waals surface area (Å²) in [4.78, 5) is 22.2. The van der Waals surface area contributed by atoms with Crippen LogP contribution in [0.2, 0.25) is 0 Å². The highest BCUT2D eigenvalue weighted by Gasteiger charge is 2.11. The molecule has 0 aliphatic heterocycles. The predicted octanol–water partition coefficient (Wildman–Crippen LogP) is 3.51. The van der Waals surface area contributed by atoms with E-state index < -0.39 is 17.8 Å². The van der Waals surface area contributed by atoms with E-state index >= 15 is 0 Å². The Hall–Kier alpha value is -2.34. The number of hydrogen-bond acceptors (Lipinski definition) is 3. The molecule has 21 heavy (non-hydrogen) atoms. The maximum atomic E-state index is 13.3. The summed E-state index contributed by atoms with van der Waals surface area (Å²) in [6.07, 6.45) is 0. The van der Waals surface area contributed by atoms with Gasteiger partial charge in [-0.2, -0.15) is 0 Å². The molecule has 0 bridgehead atoms. The largest absolute Gasteiger partial charge is 0.478 e. The smallest absolute Gasteiger partial charge is 0.338 e. The fraction of sp³-hybridized carbons (Fsp3) is 0.0667. The van der Waals surface area contributed by atoms with E-state index in [0.29, 0.717) is 10.6 Å². The zero-order valence-electron chi connectivity index (χ0n) is 10.7. The van der Waals surface area contributed by atoms with Gasteiger partial charge in [0.1, 0.15) is 5.82 Å². The summed E-state index contributed by atoms with van der Waals surface area (Å²) in [5.74, 6) is -2.53. The third-order valence-corrected chi connectivity index (χ3v) is 3.84.